The zero-order valence-electron chi connectivity index (χ0n) is 24.1. The Morgan fingerprint density at radius 2 is 0.935 bits per heavy atom. The number of carbonyl (C=O) groups excluding carboxylic acids is 6. The summed E-state index contributed by atoms with van der Waals surface area (Å²) in [6.07, 6.45) is 2.01. The van der Waals surface area contributed by atoms with Crippen molar-refractivity contribution in [1.29, 1.82) is 0 Å². The molecule has 46 heavy (non-hydrogen) atoms. The van der Waals surface area contributed by atoms with Crippen molar-refractivity contribution in [3.8, 4) is 0 Å². The Kier molecular flexibility index (Phi) is 9.69. The van der Waals surface area contributed by atoms with Gasteiger partial charge in [-0.25, -0.2) is 9.59 Å². The maximum atomic E-state index is 13.4. The molecule has 2 aliphatic heterocycles. The molecule has 0 aromatic heterocycles. The van der Waals surface area contributed by atoms with Crippen LogP contribution >= 0.6 is 23.5 Å². The van der Waals surface area contributed by atoms with Crippen molar-refractivity contribution in [3.05, 3.63) is 118 Å². The van der Waals surface area contributed by atoms with Gasteiger partial charge in [0.05, 0.1) is 35.4 Å². The number of thioether (sulfide) groups is 2. The number of methoxy groups -OCH3 is 2. The molecule has 0 bridgehead atoms. The Bertz CT molecular complexity index is 1730. The van der Waals surface area contributed by atoms with Crippen molar-refractivity contribution >= 4 is 80.8 Å². The summed E-state index contributed by atoms with van der Waals surface area (Å²) >= 11 is 1.64. The molecule has 3 aromatic rings. The van der Waals surface area contributed by atoms with Crippen LogP contribution in [0.3, 0.4) is 0 Å². The highest BCUT2D eigenvalue weighted by atomic mass is 32.2. The van der Waals surface area contributed by atoms with Gasteiger partial charge in [-0.3, -0.25) is 29.0 Å². The number of benzene rings is 3. The van der Waals surface area contributed by atoms with Crippen LogP contribution in [0.25, 0.3) is 0 Å². The van der Waals surface area contributed by atoms with Crippen molar-refractivity contribution in [2.75, 3.05) is 24.0 Å². The molecule has 0 aliphatic carbocycles. The quantitative estimate of drug-likeness (QED) is 0.277. The summed E-state index contributed by atoms with van der Waals surface area (Å²) < 4.78 is 9.32. The number of amidine groups is 2. The summed E-state index contributed by atoms with van der Waals surface area (Å²) in [5, 5.41) is -0.0119. The molecule has 0 atom stereocenters. The fourth-order valence-electron chi connectivity index (χ4n) is 4.10. The monoisotopic (exact) mass is 654 g/mol. The van der Waals surface area contributed by atoms with E-state index in [1.165, 1.54) is 38.5 Å². The minimum absolute atomic E-state index is 0.00596. The number of hydrogen-bond acceptors (Lipinski definition) is 10. The highest BCUT2D eigenvalue weighted by Gasteiger charge is 2.38. The second kappa shape index (κ2) is 14.0. The average Bonchev–Trinajstić information content (AvgIpc) is 3.55. The summed E-state index contributed by atoms with van der Waals surface area (Å²) in [5.41, 5.74) is 1.11. The van der Waals surface area contributed by atoms with E-state index in [0.717, 1.165) is 45.5 Å². The van der Waals surface area contributed by atoms with Crippen molar-refractivity contribution in [2.24, 2.45) is 9.98 Å². The summed E-state index contributed by atoms with van der Waals surface area (Å²) in [5.74, 6) is -4.00. The van der Waals surface area contributed by atoms with Crippen LogP contribution < -0.4 is 9.80 Å². The maximum absolute atomic E-state index is 13.4. The van der Waals surface area contributed by atoms with Gasteiger partial charge in [0.25, 0.3) is 23.6 Å². The van der Waals surface area contributed by atoms with Gasteiger partial charge >= 0.3 is 11.9 Å². The van der Waals surface area contributed by atoms with Gasteiger partial charge in [-0.05, 0) is 72.1 Å². The Labute approximate surface area is 270 Å². The summed E-state index contributed by atoms with van der Waals surface area (Å²) in [6, 6.07) is 22.5. The first-order valence-electron chi connectivity index (χ1n) is 13.3. The molecular weight excluding hydrogens is 633 g/mol. The molecule has 0 saturated carbocycles. The summed E-state index contributed by atoms with van der Waals surface area (Å²) in [4.78, 5) is 87.1. The Morgan fingerprint density at radius 3 is 1.26 bits per heavy atom. The fraction of sp³-hybridized carbons (Fsp3) is 0.0625. The number of rotatable bonds is 6. The molecule has 12 nitrogen and oxygen atoms in total. The van der Waals surface area contributed by atoms with E-state index in [2.05, 4.69) is 19.5 Å². The Hall–Kier alpha value is -5.60. The molecule has 2 heterocycles. The Morgan fingerprint density at radius 1 is 0.587 bits per heavy atom. The van der Waals surface area contributed by atoms with E-state index in [1.54, 1.807) is 60.7 Å². The van der Waals surface area contributed by atoms with Gasteiger partial charge in [-0.2, -0.15) is 9.98 Å². The van der Waals surface area contributed by atoms with Gasteiger partial charge < -0.3 is 9.47 Å². The van der Waals surface area contributed by atoms with Gasteiger partial charge in [-0.15, -0.1) is 0 Å². The number of aliphatic imine (C=N–C) groups is 2. The number of esters is 2. The first-order valence-corrected chi connectivity index (χ1v) is 14.9. The number of carbonyl (C=O) groups is 6. The first kappa shape index (κ1) is 31.8. The van der Waals surface area contributed by atoms with Gasteiger partial charge in [0, 0.05) is 23.3 Å². The van der Waals surface area contributed by atoms with Crippen molar-refractivity contribution in [3.63, 3.8) is 0 Å². The molecule has 3 aromatic carbocycles. The lowest BCUT2D eigenvalue weighted by Gasteiger charge is -2.19. The van der Waals surface area contributed by atoms with Crippen molar-refractivity contribution < 1.29 is 38.2 Å². The third-order valence-corrected chi connectivity index (χ3v) is 8.25. The molecule has 4 amide bonds. The van der Waals surface area contributed by atoms with E-state index in [0.29, 0.717) is 11.1 Å². The number of hydrogen-bond donors (Lipinski definition) is 0. The minimum Gasteiger partial charge on any atom is -0.466 e. The number of anilines is 2. The molecule has 230 valence electrons. The standard InChI is InChI=1S/C32H22N4O8S2/c1-43-25(37)17-23-29(41)35(31(45-23)33-27(39)19-9-5-3-6-10-19)21-13-15-22(16-14-21)36-30(42)24(18-26(38)44-2)46-32(36)34-28(40)20-11-7-4-8-12-20/h3-18H,1-2H3/b23-17-,24-18-,33-31?,34-32?. The van der Waals surface area contributed by atoms with Crippen LogP contribution in [0.5, 0.6) is 0 Å². The molecule has 0 spiro atoms. The number of amides is 4. The second-order valence-corrected chi connectivity index (χ2v) is 11.2. The predicted octanol–water partition coefficient (Wildman–Crippen LogP) is 4.35. The van der Waals surface area contributed by atoms with Crippen LogP contribution in [0.15, 0.2) is 117 Å². The van der Waals surface area contributed by atoms with E-state index >= 15 is 0 Å². The van der Waals surface area contributed by atoms with Crippen LogP contribution in [0.2, 0.25) is 0 Å². The molecule has 0 radical (unpaired) electrons. The fourth-order valence-corrected chi connectivity index (χ4v) is 5.98. The molecule has 2 saturated heterocycles. The zero-order chi connectivity index (χ0) is 32.8. The van der Waals surface area contributed by atoms with Crippen LogP contribution in [-0.2, 0) is 28.7 Å². The maximum Gasteiger partial charge on any atom is 0.331 e. The van der Waals surface area contributed by atoms with E-state index in [4.69, 9.17) is 0 Å². The SMILES string of the molecule is COC(=O)/C=C1\SC(=NC(=O)c2ccccc2)N(c2ccc(N3C(=O)/C(=C/C(=O)OC)SC3=NC(=O)c3ccccc3)cc2)C1=O. The third-order valence-electron chi connectivity index (χ3n) is 6.32. The smallest absolute Gasteiger partial charge is 0.331 e. The van der Waals surface area contributed by atoms with E-state index in [9.17, 15) is 28.8 Å². The lowest BCUT2D eigenvalue weighted by Crippen LogP contribution is -2.31. The van der Waals surface area contributed by atoms with Crippen LogP contribution in [0, 0.1) is 0 Å². The van der Waals surface area contributed by atoms with Crippen molar-refractivity contribution in [2.45, 2.75) is 0 Å². The largest absolute Gasteiger partial charge is 0.466 e. The predicted molar refractivity (Wildman–Crippen MR) is 173 cm³/mol. The highest BCUT2D eigenvalue weighted by Crippen LogP contribution is 2.38. The van der Waals surface area contributed by atoms with Gasteiger partial charge in [0.2, 0.25) is 0 Å². The van der Waals surface area contributed by atoms with E-state index in [-0.39, 0.29) is 31.5 Å². The summed E-state index contributed by atoms with van der Waals surface area (Å²) in [6.45, 7) is 0. The molecule has 2 aliphatic rings. The Balaban J connectivity index is 1.52. The summed E-state index contributed by atoms with van der Waals surface area (Å²) in [7, 11) is 2.34. The number of nitrogens with zero attached hydrogens (tertiary/aromatic N) is 4. The minimum atomic E-state index is -0.764. The molecular formula is C32H22N4O8S2. The molecule has 0 unspecified atom stereocenters. The first-order chi connectivity index (χ1) is 22.2. The number of ether oxygens (including phenoxy) is 2. The van der Waals surface area contributed by atoms with E-state index in [1.807, 2.05) is 0 Å². The van der Waals surface area contributed by atoms with Crippen LogP contribution in [0.4, 0.5) is 11.4 Å². The highest BCUT2D eigenvalue weighted by molar-refractivity contribution is 8.19. The van der Waals surface area contributed by atoms with Crippen molar-refractivity contribution in [1.82, 2.24) is 0 Å². The lowest BCUT2D eigenvalue weighted by atomic mass is 10.2. The topological polar surface area (TPSA) is 152 Å². The van der Waals surface area contributed by atoms with Gasteiger partial charge in [0.1, 0.15) is 0 Å². The third kappa shape index (κ3) is 6.87. The van der Waals surface area contributed by atoms with E-state index < -0.39 is 35.6 Å². The molecule has 0 N–H and O–H groups in total. The van der Waals surface area contributed by atoms with Gasteiger partial charge in [-0.1, -0.05) is 36.4 Å². The average molecular weight is 655 g/mol. The molecule has 14 heteroatoms. The molecule has 5 rings (SSSR count). The van der Waals surface area contributed by atoms with Crippen LogP contribution in [-0.4, -0.2) is 60.1 Å². The van der Waals surface area contributed by atoms with Crippen LogP contribution in [0.1, 0.15) is 20.7 Å². The lowest BCUT2D eigenvalue weighted by molar-refractivity contribution is -0.135. The molecule has 2 fully saturated rings. The normalized spacial score (nSPS) is 18.1. The second-order valence-electron chi connectivity index (χ2n) is 9.20. The zero-order valence-corrected chi connectivity index (χ0v) is 25.7. The van der Waals surface area contributed by atoms with Gasteiger partial charge in [0.15, 0.2) is 10.3 Å².